The zero-order valence-electron chi connectivity index (χ0n) is 13.8. The molecule has 0 aliphatic carbocycles. The Balaban J connectivity index is 1.65. The molecule has 4 nitrogen and oxygen atoms in total. The quantitative estimate of drug-likeness (QED) is 0.567. The van der Waals surface area contributed by atoms with Gasteiger partial charge in [-0.2, -0.15) is 0 Å². The lowest BCUT2D eigenvalue weighted by Crippen LogP contribution is -2.37. The minimum atomic E-state index is -0.107. The molecule has 4 heteroatoms. The summed E-state index contributed by atoms with van der Waals surface area (Å²) >= 11 is 0. The van der Waals surface area contributed by atoms with Crippen LogP contribution in [0.2, 0.25) is 0 Å². The molecule has 1 saturated heterocycles. The summed E-state index contributed by atoms with van der Waals surface area (Å²) in [5.41, 5.74) is 0.855. The van der Waals surface area contributed by atoms with E-state index in [4.69, 9.17) is 14.2 Å². The molecule has 1 aromatic rings. The number of Topliss-reactive ketones (excluding diaryl/α,β-unsaturated/α-hetero) is 1. The molecule has 1 fully saturated rings. The molecule has 2 rings (SSSR count). The Bertz CT molecular complexity index is 468. The van der Waals surface area contributed by atoms with Crippen molar-refractivity contribution in [2.24, 2.45) is 5.41 Å². The number of hydrogen-bond acceptors (Lipinski definition) is 4. The van der Waals surface area contributed by atoms with Gasteiger partial charge in [-0.1, -0.05) is 13.8 Å². The highest BCUT2D eigenvalue weighted by atomic mass is 16.7. The molecule has 1 heterocycles. The summed E-state index contributed by atoms with van der Waals surface area (Å²) in [5, 5.41) is 0. The van der Waals surface area contributed by atoms with Crippen LogP contribution in [0, 0.1) is 5.41 Å². The molecule has 0 atom stereocenters. The molecule has 1 aromatic carbocycles. The average Bonchev–Trinajstić information content (AvgIpc) is 2.52. The third-order valence-corrected chi connectivity index (χ3v) is 3.83. The van der Waals surface area contributed by atoms with Gasteiger partial charge in [0.2, 0.25) is 0 Å². The number of rotatable bonds is 7. The molecular weight excluding hydrogens is 280 g/mol. The third-order valence-electron chi connectivity index (χ3n) is 3.83. The number of carbonyl (C=O) groups excluding carboxylic acids is 1. The Labute approximate surface area is 132 Å². The molecule has 0 bridgehead atoms. The largest absolute Gasteiger partial charge is 0.497 e. The second-order valence-electron chi connectivity index (χ2n) is 6.61. The summed E-state index contributed by atoms with van der Waals surface area (Å²) in [4.78, 5) is 12.1. The van der Waals surface area contributed by atoms with Crippen molar-refractivity contribution in [3.05, 3.63) is 29.8 Å². The van der Waals surface area contributed by atoms with Crippen molar-refractivity contribution in [2.75, 3.05) is 20.3 Å². The molecule has 0 N–H and O–H groups in total. The van der Waals surface area contributed by atoms with Gasteiger partial charge in [0, 0.05) is 17.4 Å². The van der Waals surface area contributed by atoms with Gasteiger partial charge in [0.1, 0.15) is 5.75 Å². The van der Waals surface area contributed by atoms with Gasteiger partial charge in [-0.3, -0.25) is 4.79 Å². The number of unbranched alkanes of at least 4 members (excludes halogenated alkanes) is 1. The lowest BCUT2D eigenvalue weighted by Gasteiger charge is -2.34. The van der Waals surface area contributed by atoms with Gasteiger partial charge >= 0.3 is 0 Å². The van der Waals surface area contributed by atoms with E-state index in [1.807, 2.05) is 24.3 Å². The number of methoxy groups -OCH3 is 1. The minimum absolute atomic E-state index is 0.107. The molecule has 1 aliphatic rings. The van der Waals surface area contributed by atoms with Gasteiger partial charge in [0.15, 0.2) is 12.1 Å². The Hall–Kier alpha value is -1.39. The van der Waals surface area contributed by atoms with Gasteiger partial charge in [-0.25, -0.2) is 0 Å². The first-order valence-corrected chi connectivity index (χ1v) is 7.91. The number of ketones is 1. The van der Waals surface area contributed by atoms with Crippen molar-refractivity contribution in [1.29, 1.82) is 0 Å². The van der Waals surface area contributed by atoms with Crippen LogP contribution in [0.25, 0.3) is 0 Å². The Morgan fingerprint density at radius 1 is 1.18 bits per heavy atom. The Kier molecular flexibility index (Phi) is 5.98. The van der Waals surface area contributed by atoms with E-state index in [0.29, 0.717) is 6.42 Å². The summed E-state index contributed by atoms with van der Waals surface area (Å²) in [5.74, 6) is 0.945. The Morgan fingerprint density at radius 3 is 2.41 bits per heavy atom. The van der Waals surface area contributed by atoms with Crippen molar-refractivity contribution in [1.82, 2.24) is 0 Å². The number of hydrogen-bond donors (Lipinski definition) is 0. The first kappa shape index (κ1) is 17.0. The topological polar surface area (TPSA) is 44.8 Å². The highest BCUT2D eigenvalue weighted by molar-refractivity contribution is 5.96. The molecule has 22 heavy (non-hydrogen) atoms. The van der Waals surface area contributed by atoms with Crippen molar-refractivity contribution < 1.29 is 19.0 Å². The molecule has 1 aliphatic heterocycles. The van der Waals surface area contributed by atoms with E-state index >= 15 is 0 Å². The Morgan fingerprint density at radius 2 is 1.82 bits per heavy atom. The van der Waals surface area contributed by atoms with Crippen LogP contribution in [0.3, 0.4) is 0 Å². The van der Waals surface area contributed by atoms with E-state index in [0.717, 1.165) is 43.8 Å². The fourth-order valence-electron chi connectivity index (χ4n) is 2.41. The van der Waals surface area contributed by atoms with Gasteiger partial charge < -0.3 is 14.2 Å². The summed E-state index contributed by atoms with van der Waals surface area (Å²) in [6.45, 7) is 5.75. The molecule has 122 valence electrons. The van der Waals surface area contributed by atoms with Crippen LogP contribution in [0.5, 0.6) is 5.75 Å². The standard InChI is InChI=1S/C18H26O4/c1-18(2)12-21-17(22-13-18)7-5-4-6-16(19)14-8-10-15(20-3)11-9-14/h8-11,17H,4-7,12-13H2,1-3H3. The fraction of sp³-hybridized carbons (Fsp3) is 0.611. The highest BCUT2D eigenvalue weighted by Crippen LogP contribution is 2.25. The van der Waals surface area contributed by atoms with Gasteiger partial charge in [-0.05, 0) is 43.5 Å². The van der Waals surface area contributed by atoms with Crippen molar-refractivity contribution in [2.45, 2.75) is 45.8 Å². The van der Waals surface area contributed by atoms with Crippen molar-refractivity contribution >= 4 is 5.78 Å². The second kappa shape index (κ2) is 7.75. The van der Waals surface area contributed by atoms with E-state index in [-0.39, 0.29) is 17.5 Å². The predicted molar refractivity (Wildman–Crippen MR) is 85.3 cm³/mol. The predicted octanol–water partition coefficient (Wildman–Crippen LogP) is 3.84. The first-order chi connectivity index (χ1) is 10.5. The van der Waals surface area contributed by atoms with Crippen LogP contribution in [0.1, 0.15) is 49.9 Å². The summed E-state index contributed by atoms with van der Waals surface area (Å²) in [6, 6.07) is 7.27. The normalized spacial score (nSPS) is 18.1. The molecule has 0 spiro atoms. The maximum absolute atomic E-state index is 12.1. The van der Waals surface area contributed by atoms with Crippen LogP contribution in [-0.4, -0.2) is 32.4 Å². The monoisotopic (exact) mass is 306 g/mol. The van der Waals surface area contributed by atoms with Crippen LogP contribution in [-0.2, 0) is 9.47 Å². The third kappa shape index (κ3) is 5.11. The smallest absolute Gasteiger partial charge is 0.162 e. The average molecular weight is 306 g/mol. The second-order valence-corrected chi connectivity index (χ2v) is 6.61. The van der Waals surface area contributed by atoms with E-state index in [9.17, 15) is 4.79 Å². The minimum Gasteiger partial charge on any atom is -0.497 e. The molecule has 0 unspecified atom stereocenters. The SMILES string of the molecule is COc1ccc(C(=O)CCCCC2OCC(C)(C)CO2)cc1. The summed E-state index contributed by atoms with van der Waals surface area (Å²) in [6.07, 6.45) is 3.10. The molecule has 0 radical (unpaired) electrons. The molecular formula is C18H26O4. The summed E-state index contributed by atoms with van der Waals surface area (Å²) in [7, 11) is 1.62. The van der Waals surface area contributed by atoms with Gasteiger partial charge in [0.25, 0.3) is 0 Å². The van der Waals surface area contributed by atoms with Gasteiger partial charge in [0.05, 0.1) is 20.3 Å². The molecule has 0 saturated carbocycles. The van der Waals surface area contributed by atoms with Crippen LogP contribution < -0.4 is 4.74 Å². The maximum atomic E-state index is 12.1. The van der Waals surface area contributed by atoms with E-state index in [1.54, 1.807) is 7.11 Å². The zero-order valence-corrected chi connectivity index (χ0v) is 13.8. The number of ether oxygens (including phenoxy) is 3. The fourth-order valence-corrected chi connectivity index (χ4v) is 2.41. The number of benzene rings is 1. The van der Waals surface area contributed by atoms with E-state index in [2.05, 4.69) is 13.8 Å². The lowest BCUT2D eigenvalue weighted by atomic mass is 9.95. The van der Waals surface area contributed by atoms with Crippen LogP contribution in [0.4, 0.5) is 0 Å². The van der Waals surface area contributed by atoms with Gasteiger partial charge in [-0.15, -0.1) is 0 Å². The zero-order chi connectivity index (χ0) is 16.0. The lowest BCUT2D eigenvalue weighted by molar-refractivity contribution is -0.224. The molecule has 0 amide bonds. The van der Waals surface area contributed by atoms with E-state index < -0.39 is 0 Å². The van der Waals surface area contributed by atoms with Crippen molar-refractivity contribution in [3.63, 3.8) is 0 Å². The van der Waals surface area contributed by atoms with Crippen molar-refractivity contribution in [3.8, 4) is 5.75 Å². The first-order valence-electron chi connectivity index (χ1n) is 7.91. The summed E-state index contributed by atoms with van der Waals surface area (Å²) < 4.78 is 16.5. The number of carbonyl (C=O) groups is 1. The maximum Gasteiger partial charge on any atom is 0.162 e. The van der Waals surface area contributed by atoms with Crippen LogP contribution in [0.15, 0.2) is 24.3 Å². The van der Waals surface area contributed by atoms with E-state index in [1.165, 1.54) is 0 Å². The molecule has 0 aromatic heterocycles. The van der Waals surface area contributed by atoms with Crippen LogP contribution >= 0.6 is 0 Å². The highest BCUT2D eigenvalue weighted by Gasteiger charge is 2.27.